The molecular formula is C15H25ClN4O3. The maximum absolute atomic E-state index is 12.3. The van der Waals surface area contributed by atoms with Gasteiger partial charge >= 0.3 is 5.97 Å². The lowest BCUT2D eigenvalue weighted by atomic mass is 9.98. The summed E-state index contributed by atoms with van der Waals surface area (Å²) < 4.78 is 6.53. The van der Waals surface area contributed by atoms with E-state index in [1.165, 1.54) is 10.9 Å². The van der Waals surface area contributed by atoms with Crippen LogP contribution >= 0.6 is 12.4 Å². The minimum atomic E-state index is -0.938. The molecule has 1 fully saturated rings. The molecule has 1 aliphatic rings. The lowest BCUT2D eigenvalue weighted by molar-refractivity contribution is -0.152. The molecule has 3 N–H and O–H groups in total. The summed E-state index contributed by atoms with van der Waals surface area (Å²) >= 11 is 0. The van der Waals surface area contributed by atoms with Gasteiger partial charge in [0.1, 0.15) is 0 Å². The number of carbonyl (C=O) groups excluding carboxylic acids is 2. The number of nitrogens with two attached hydrogens (primary N) is 1. The summed E-state index contributed by atoms with van der Waals surface area (Å²) in [7, 11) is 0. The van der Waals surface area contributed by atoms with E-state index < -0.39 is 11.1 Å². The van der Waals surface area contributed by atoms with Gasteiger partial charge in [0.05, 0.1) is 24.0 Å². The van der Waals surface area contributed by atoms with Crippen molar-refractivity contribution >= 4 is 30.0 Å². The molecule has 0 radical (unpaired) electrons. The Kier molecular flexibility index (Phi) is 6.18. The van der Waals surface area contributed by atoms with Crippen molar-refractivity contribution in [1.82, 2.24) is 9.78 Å². The highest BCUT2D eigenvalue weighted by atomic mass is 35.5. The Hall–Kier alpha value is -1.60. The maximum atomic E-state index is 12.3. The average molecular weight is 345 g/mol. The Morgan fingerprint density at radius 3 is 2.61 bits per heavy atom. The van der Waals surface area contributed by atoms with Crippen molar-refractivity contribution in [3.63, 3.8) is 0 Å². The second kappa shape index (κ2) is 7.31. The number of ether oxygens (including phenoxy) is 1. The second-order valence-electron chi connectivity index (χ2n) is 6.27. The molecule has 0 aromatic carbocycles. The molecule has 1 aromatic heterocycles. The first-order chi connectivity index (χ1) is 10.3. The summed E-state index contributed by atoms with van der Waals surface area (Å²) in [5.41, 5.74) is 4.91. The molecule has 1 saturated carbocycles. The Morgan fingerprint density at radius 1 is 1.43 bits per heavy atom. The average Bonchev–Trinajstić information content (AvgIpc) is 3.09. The molecule has 23 heavy (non-hydrogen) atoms. The normalized spacial score (nSPS) is 16.5. The fourth-order valence-corrected chi connectivity index (χ4v) is 2.58. The summed E-state index contributed by atoms with van der Waals surface area (Å²) in [6.07, 6.45) is 6.46. The summed E-state index contributed by atoms with van der Waals surface area (Å²) in [5.74, 6) is -0.569. The van der Waals surface area contributed by atoms with E-state index in [0.29, 0.717) is 25.1 Å². The van der Waals surface area contributed by atoms with Gasteiger partial charge in [-0.05, 0) is 33.6 Å². The molecule has 0 atom stereocenters. The zero-order chi connectivity index (χ0) is 16.4. The summed E-state index contributed by atoms with van der Waals surface area (Å²) in [5, 5.41) is 6.94. The number of nitrogens with zero attached hydrogens (tertiary/aromatic N) is 2. The van der Waals surface area contributed by atoms with Gasteiger partial charge in [-0.2, -0.15) is 5.10 Å². The van der Waals surface area contributed by atoms with Gasteiger partial charge in [-0.15, -0.1) is 12.4 Å². The number of hydrogen-bond donors (Lipinski definition) is 2. The minimum Gasteiger partial charge on any atom is -0.464 e. The first-order valence-corrected chi connectivity index (χ1v) is 7.62. The van der Waals surface area contributed by atoms with Crippen LogP contribution in [0.25, 0.3) is 0 Å². The van der Waals surface area contributed by atoms with E-state index in [-0.39, 0.29) is 24.3 Å². The van der Waals surface area contributed by atoms with Crippen molar-refractivity contribution in [2.24, 2.45) is 5.73 Å². The Morgan fingerprint density at radius 2 is 2.04 bits per heavy atom. The molecule has 0 unspecified atom stereocenters. The largest absolute Gasteiger partial charge is 0.464 e. The molecule has 130 valence electrons. The number of halogens is 1. The summed E-state index contributed by atoms with van der Waals surface area (Å²) in [6, 6.07) is 0. The molecule has 1 aliphatic carbocycles. The molecule has 0 spiro atoms. The Labute approximate surface area is 142 Å². The third-order valence-corrected chi connectivity index (χ3v) is 4.14. The molecule has 2 rings (SSSR count). The zero-order valence-corrected chi connectivity index (χ0v) is 14.6. The predicted molar refractivity (Wildman–Crippen MR) is 89.4 cm³/mol. The standard InChI is InChI=1S/C15H24N4O3.ClH/c1-4-22-13(21)14(2,3)19-10-11(9-17-19)18-12(20)15(16)7-5-6-8-15;/h9-10H,4-8,16H2,1-3H3,(H,18,20);1H. The van der Waals surface area contributed by atoms with Crippen LogP contribution in [0.15, 0.2) is 12.4 Å². The van der Waals surface area contributed by atoms with Crippen molar-refractivity contribution in [2.45, 2.75) is 57.5 Å². The number of nitrogens with one attached hydrogen (secondary N) is 1. The van der Waals surface area contributed by atoms with E-state index in [1.54, 1.807) is 27.0 Å². The van der Waals surface area contributed by atoms with Gasteiger partial charge in [0.25, 0.3) is 0 Å². The highest BCUT2D eigenvalue weighted by Crippen LogP contribution is 2.28. The van der Waals surface area contributed by atoms with Gasteiger partial charge < -0.3 is 15.8 Å². The Balaban J connectivity index is 0.00000264. The highest BCUT2D eigenvalue weighted by Gasteiger charge is 2.37. The van der Waals surface area contributed by atoms with Gasteiger partial charge in [0, 0.05) is 6.20 Å². The van der Waals surface area contributed by atoms with Crippen LogP contribution in [0.2, 0.25) is 0 Å². The number of rotatable bonds is 5. The van der Waals surface area contributed by atoms with Gasteiger partial charge in [0.15, 0.2) is 5.54 Å². The molecule has 0 saturated heterocycles. The van der Waals surface area contributed by atoms with E-state index >= 15 is 0 Å². The number of carbonyl (C=O) groups is 2. The fourth-order valence-electron chi connectivity index (χ4n) is 2.58. The number of amides is 1. The Bertz CT molecular complexity index is 565. The zero-order valence-electron chi connectivity index (χ0n) is 13.8. The fraction of sp³-hybridized carbons (Fsp3) is 0.667. The van der Waals surface area contributed by atoms with Crippen LogP contribution < -0.4 is 11.1 Å². The lowest BCUT2D eigenvalue weighted by Crippen LogP contribution is -2.48. The minimum absolute atomic E-state index is 0. The molecule has 0 aliphatic heterocycles. The van der Waals surface area contributed by atoms with Crippen LogP contribution in [-0.4, -0.2) is 33.8 Å². The van der Waals surface area contributed by atoms with Crippen molar-refractivity contribution in [3.8, 4) is 0 Å². The number of anilines is 1. The van der Waals surface area contributed by atoms with Crippen molar-refractivity contribution in [1.29, 1.82) is 0 Å². The monoisotopic (exact) mass is 344 g/mol. The van der Waals surface area contributed by atoms with Crippen molar-refractivity contribution < 1.29 is 14.3 Å². The predicted octanol–water partition coefficient (Wildman–Crippen LogP) is 1.81. The topological polar surface area (TPSA) is 99.2 Å². The summed E-state index contributed by atoms with van der Waals surface area (Å²) in [4.78, 5) is 24.2. The first-order valence-electron chi connectivity index (χ1n) is 7.62. The van der Waals surface area contributed by atoms with Crippen LogP contribution in [0.3, 0.4) is 0 Å². The first kappa shape index (κ1) is 19.4. The number of hydrogen-bond acceptors (Lipinski definition) is 5. The van der Waals surface area contributed by atoms with E-state index in [1.807, 2.05) is 0 Å². The van der Waals surface area contributed by atoms with Crippen LogP contribution in [0.1, 0.15) is 46.5 Å². The van der Waals surface area contributed by atoms with Crippen molar-refractivity contribution in [3.05, 3.63) is 12.4 Å². The van der Waals surface area contributed by atoms with Crippen molar-refractivity contribution in [2.75, 3.05) is 11.9 Å². The number of aromatic nitrogens is 2. The van der Waals surface area contributed by atoms with E-state index in [4.69, 9.17) is 10.5 Å². The molecule has 0 bridgehead atoms. The van der Waals surface area contributed by atoms with E-state index in [0.717, 1.165) is 12.8 Å². The summed E-state index contributed by atoms with van der Waals surface area (Å²) in [6.45, 7) is 5.49. The van der Waals surface area contributed by atoms with Gasteiger partial charge in [0.2, 0.25) is 5.91 Å². The molecule has 7 nitrogen and oxygen atoms in total. The van der Waals surface area contributed by atoms with Crippen LogP contribution in [-0.2, 0) is 19.9 Å². The maximum Gasteiger partial charge on any atom is 0.333 e. The molecule has 1 aromatic rings. The lowest BCUT2D eigenvalue weighted by Gasteiger charge is -2.23. The third-order valence-electron chi connectivity index (χ3n) is 4.14. The smallest absolute Gasteiger partial charge is 0.333 e. The van der Waals surface area contributed by atoms with E-state index in [2.05, 4.69) is 10.4 Å². The van der Waals surface area contributed by atoms with Crippen LogP contribution in [0, 0.1) is 0 Å². The second-order valence-corrected chi connectivity index (χ2v) is 6.27. The molecule has 1 amide bonds. The van der Waals surface area contributed by atoms with Crippen LogP contribution in [0.4, 0.5) is 5.69 Å². The van der Waals surface area contributed by atoms with E-state index in [9.17, 15) is 9.59 Å². The number of esters is 1. The third kappa shape index (κ3) is 4.03. The van der Waals surface area contributed by atoms with Gasteiger partial charge in [-0.3, -0.25) is 9.48 Å². The van der Waals surface area contributed by atoms with Crippen LogP contribution in [0.5, 0.6) is 0 Å². The van der Waals surface area contributed by atoms with Gasteiger partial charge in [-0.25, -0.2) is 4.79 Å². The SMILES string of the molecule is CCOC(=O)C(C)(C)n1cc(NC(=O)C2(N)CCCC2)cn1.Cl. The quantitative estimate of drug-likeness (QED) is 0.793. The molecule has 8 heteroatoms. The highest BCUT2D eigenvalue weighted by molar-refractivity contribution is 5.98. The van der Waals surface area contributed by atoms with Gasteiger partial charge in [-0.1, -0.05) is 12.8 Å². The molecular weight excluding hydrogens is 320 g/mol. The molecule has 1 heterocycles.